The normalized spacial score (nSPS) is 9.92. The number of anilines is 1. The second-order valence-electron chi connectivity index (χ2n) is 2.65. The zero-order chi connectivity index (χ0) is 9.14. The van der Waals surface area contributed by atoms with Gasteiger partial charge in [-0.2, -0.15) is 0 Å². The number of nitrogen functional groups attached to an aromatic ring is 1. The van der Waals surface area contributed by atoms with Crippen LogP contribution in [0.25, 0.3) is 0 Å². The molecule has 2 nitrogen and oxygen atoms in total. The first-order chi connectivity index (χ1) is 5.69. The van der Waals surface area contributed by atoms with Gasteiger partial charge in [-0.1, -0.05) is 15.9 Å². The van der Waals surface area contributed by atoms with Gasteiger partial charge in [0.1, 0.15) is 5.75 Å². The topological polar surface area (TPSA) is 35.2 Å². The average molecular weight is 230 g/mol. The number of hydrogen-bond acceptors (Lipinski definition) is 2. The third-order valence-electron chi connectivity index (χ3n) is 1.83. The second kappa shape index (κ2) is 3.81. The highest BCUT2D eigenvalue weighted by Gasteiger charge is 2.03. The van der Waals surface area contributed by atoms with Crippen molar-refractivity contribution >= 4 is 21.6 Å². The number of methoxy groups -OCH3 is 1. The Balaban J connectivity index is 3.18. The molecule has 12 heavy (non-hydrogen) atoms. The van der Waals surface area contributed by atoms with Crippen LogP contribution in [0.3, 0.4) is 0 Å². The van der Waals surface area contributed by atoms with Crippen LogP contribution in [0.2, 0.25) is 0 Å². The van der Waals surface area contributed by atoms with Gasteiger partial charge >= 0.3 is 0 Å². The number of rotatable bonds is 2. The highest BCUT2D eigenvalue weighted by atomic mass is 79.9. The molecule has 1 aromatic rings. The van der Waals surface area contributed by atoms with Crippen LogP contribution in [-0.2, 0) is 5.33 Å². The lowest BCUT2D eigenvalue weighted by atomic mass is 10.1. The molecule has 0 aliphatic carbocycles. The third-order valence-corrected chi connectivity index (χ3v) is 2.44. The third kappa shape index (κ3) is 1.72. The molecule has 3 heteroatoms. The van der Waals surface area contributed by atoms with Gasteiger partial charge < -0.3 is 10.5 Å². The smallest absolute Gasteiger partial charge is 0.142 e. The van der Waals surface area contributed by atoms with E-state index in [-0.39, 0.29) is 0 Å². The fourth-order valence-corrected chi connectivity index (χ4v) is 1.68. The SMILES string of the molecule is COc1cc(CBr)c(C)cc1N. The molecule has 1 aromatic carbocycles. The van der Waals surface area contributed by atoms with Crippen LogP contribution in [0.15, 0.2) is 12.1 Å². The number of ether oxygens (including phenoxy) is 1. The van der Waals surface area contributed by atoms with Crippen LogP contribution in [0.1, 0.15) is 11.1 Å². The summed E-state index contributed by atoms with van der Waals surface area (Å²) in [4.78, 5) is 0. The zero-order valence-corrected chi connectivity index (χ0v) is 8.81. The van der Waals surface area contributed by atoms with E-state index in [0.717, 1.165) is 11.1 Å². The highest BCUT2D eigenvalue weighted by Crippen LogP contribution is 2.26. The molecule has 0 aromatic heterocycles. The minimum absolute atomic E-state index is 0.694. The maximum atomic E-state index is 5.72. The summed E-state index contributed by atoms with van der Waals surface area (Å²) in [6, 6.07) is 3.88. The van der Waals surface area contributed by atoms with Gasteiger partial charge in [-0.25, -0.2) is 0 Å². The van der Waals surface area contributed by atoms with Crippen LogP contribution >= 0.6 is 15.9 Å². The molecule has 0 amide bonds. The van der Waals surface area contributed by atoms with Crippen molar-refractivity contribution in [2.75, 3.05) is 12.8 Å². The molecule has 0 aliphatic rings. The maximum absolute atomic E-state index is 5.72. The lowest BCUT2D eigenvalue weighted by Gasteiger charge is -2.08. The molecule has 0 bridgehead atoms. The van der Waals surface area contributed by atoms with Gasteiger partial charge in [-0.05, 0) is 30.2 Å². The van der Waals surface area contributed by atoms with Crippen LogP contribution in [0.5, 0.6) is 5.75 Å². The molecule has 0 radical (unpaired) electrons. The van der Waals surface area contributed by atoms with E-state index in [4.69, 9.17) is 10.5 Å². The van der Waals surface area contributed by atoms with Gasteiger partial charge in [-0.15, -0.1) is 0 Å². The molecular formula is C9H12BrNO. The summed E-state index contributed by atoms with van der Waals surface area (Å²) < 4.78 is 5.10. The molecule has 0 atom stereocenters. The van der Waals surface area contributed by atoms with Crippen LogP contribution in [0, 0.1) is 6.92 Å². The molecule has 0 saturated carbocycles. The van der Waals surface area contributed by atoms with Crippen molar-refractivity contribution in [1.82, 2.24) is 0 Å². The monoisotopic (exact) mass is 229 g/mol. The van der Waals surface area contributed by atoms with Crippen molar-refractivity contribution in [1.29, 1.82) is 0 Å². The number of aryl methyl sites for hydroxylation is 1. The van der Waals surface area contributed by atoms with Gasteiger partial charge in [0.15, 0.2) is 0 Å². The van der Waals surface area contributed by atoms with Gasteiger partial charge in [0.05, 0.1) is 12.8 Å². The van der Waals surface area contributed by atoms with Crippen molar-refractivity contribution in [3.63, 3.8) is 0 Å². The minimum Gasteiger partial charge on any atom is -0.495 e. The van der Waals surface area contributed by atoms with E-state index < -0.39 is 0 Å². The summed E-state index contributed by atoms with van der Waals surface area (Å²) in [7, 11) is 1.62. The van der Waals surface area contributed by atoms with E-state index in [1.165, 1.54) is 11.1 Å². The summed E-state index contributed by atoms with van der Waals surface area (Å²) in [5.74, 6) is 0.745. The fraction of sp³-hybridized carbons (Fsp3) is 0.333. The summed E-state index contributed by atoms with van der Waals surface area (Å²) >= 11 is 3.40. The first kappa shape index (κ1) is 9.39. The van der Waals surface area contributed by atoms with Gasteiger partial charge in [0.2, 0.25) is 0 Å². The summed E-state index contributed by atoms with van der Waals surface area (Å²) in [6.07, 6.45) is 0. The molecule has 0 aliphatic heterocycles. The Bertz CT molecular complexity index is 261. The Morgan fingerprint density at radius 1 is 1.50 bits per heavy atom. The van der Waals surface area contributed by atoms with Gasteiger partial charge in [0, 0.05) is 5.33 Å². The molecule has 66 valence electrons. The lowest BCUT2D eigenvalue weighted by molar-refractivity contribution is 0.416. The first-order valence-electron chi connectivity index (χ1n) is 3.68. The Hall–Kier alpha value is -0.700. The number of halogens is 1. The van der Waals surface area contributed by atoms with Gasteiger partial charge in [-0.3, -0.25) is 0 Å². The number of alkyl halides is 1. The van der Waals surface area contributed by atoms with Crippen molar-refractivity contribution in [2.24, 2.45) is 0 Å². The van der Waals surface area contributed by atoms with Crippen molar-refractivity contribution in [3.8, 4) is 5.75 Å². The second-order valence-corrected chi connectivity index (χ2v) is 3.22. The van der Waals surface area contributed by atoms with E-state index in [2.05, 4.69) is 15.9 Å². The van der Waals surface area contributed by atoms with E-state index in [0.29, 0.717) is 5.69 Å². The maximum Gasteiger partial charge on any atom is 0.142 e. The predicted molar refractivity (Wildman–Crippen MR) is 54.8 cm³/mol. The van der Waals surface area contributed by atoms with Crippen LogP contribution < -0.4 is 10.5 Å². The lowest BCUT2D eigenvalue weighted by Crippen LogP contribution is -1.95. The number of benzene rings is 1. The van der Waals surface area contributed by atoms with Crippen molar-refractivity contribution in [2.45, 2.75) is 12.3 Å². The fourth-order valence-electron chi connectivity index (χ4n) is 1.07. The standard InChI is InChI=1S/C9H12BrNO/c1-6-3-8(11)9(12-2)4-7(6)5-10/h3-4H,5,11H2,1-2H3. The van der Waals surface area contributed by atoms with Crippen molar-refractivity contribution in [3.05, 3.63) is 23.3 Å². The summed E-state index contributed by atoms with van der Waals surface area (Å²) in [5, 5.41) is 0.829. The minimum atomic E-state index is 0.694. The summed E-state index contributed by atoms with van der Waals surface area (Å²) in [5.41, 5.74) is 8.80. The Labute approximate surface area is 80.8 Å². The van der Waals surface area contributed by atoms with Crippen LogP contribution in [-0.4, -0.2) is 7.11 Å². The molecule has 0 fully saturated rings. The van der Waals surface area contributed by atoms with E-state index in [1.54, 1.807) is 7.11 Å². The quantitative estimate of drug-likeness (QED) is 0.625. The summed E-state index contributed by atoms with van der Waals surface area (Å²) in [6.45, 7) is 2.03. The molecule has 0 heterocycles. The Morgan fingerprint density at radius 3 is 2.67 bits per heavy atom. The average Bonchev–Trinajstić information content (AvgIpc) is 2.05. The van der Waals surface area contributed by atoms with Gasteiger partial charge in [0.25, 0.3) is 0 Å². The molecule has 0 spiro atoms. The molecule has 0 saturated heterocycles. The van der Waals surface area contributed by atoms with Crippen molar-refractivity contribution < 1.29 is 4.74 Å². The number of hydrogen-bond donors (Lipinski definition) is 1. The predicted octanol–water partition coefficient (Wildman–Crippen LogP) is 2.48. The molecular weight excluding hydrogens is 218 g/mol. The van der Waals surface area contributed by atoms with Crippen LogP contribution in [0.4, 0.5) is 5.69 Å². The molecule has 1 rings (SSSR count). The largest absolute Gasteiger partial charge is 0.495 e. The van der Waals surface area contributed by atoms with E-state index in [1.807, 2.05) is 19.1 Å². The molecule has 2 N–H and O–H groups in total. The first-order valence-corrected chi connectivity index (χ1v) is 4.80. The number of nitrogens with two attached hydrogens (primary N) is 1. The highest BCUT2D eigenvalue weighted by molar-refractivity contribution is 9.08. The Morgan fingerprint density at radius 2 is 2.17 bits per heavy atom. The van der Waals surface area contributed by atoms with E-state index in [9.17, 15) is 0 Å². The van der Waals surface area contributed by atoms with E-state index >= 15 is 0 Å². The molecule has 0 unspecified atom stereocenters. The zero-order valence-electron chi connectivity index (χ0n) is 7.23. The Kier molecular flexibility index (Phi) is 2.98.